The highest BCUT2D eigenvalue weighted by Crippen LogP contribution is 2.15. The van der Waals surface area contributed by atoms with Gasteiger partial charge in [-0.05, 0) is 83.5 Å². The minimum absolute atomic E-state index is 0.00500. The molecule has 1 amide bonds. The van der Waals surface area contributed by atoms with Gasteiger partial charge < -0.3 is 20.3 Å². The summed E-state index contributed by atoms with van der Waals surface area (Å²) in [6.45, 7) is 4.85. The van der Waals surface area contributed by atoms with E-state index in [1.807, 2.05) is 6.08 Å². The molecule has 0 saturated carbocycles. The second-order valence-corrected chi connectivity index (χ2v) is 18.5. The normalized spacial score (nSPS) is 12.9. The van der Waals surface area contributed by atoms with Crippen LogP contribution in [0.3, 0.4) is 0 Å². The number of allylic oxidation sites excluding steroid dienone is 5. The van der Waals surface area contributed by atoms with E-state index < -0.39 is 12.1 Å². The van der Waals surface area contributed by atoms with Gasteiger partial charge in [0.25, 0.3) is 0 Å². The molecule has 0 rings (SSSR count). The molecule has 0 aliphatic rings. The van der Waals surface area contributed by atoms with E-state index >= 15 is 0 Å². The van der Waals surface area contributed by atoms with E-state index in [1.165, 1.54) is 193 Å². The summed E-state index contributed by atoms with van der Waals surface area (Å²) in [5.74, 6) is -0.0926. The van der Waals surface area contributed by atoms with Crippen LogP contribution in [0.15, 0.2) is 36.5 Å². The van der Waals surface area contributed by atoms with Crippen molar-refractivity contribution in [3.8, 4) is 0 Å². The molecule has 0 aromatic heterocycles. The van der Waals surface area contributed by atoms with E-state index in [1.54, 1.807) is 6.08 Å². The van der Waals surface area contributed by atoms with E-state index in [0.29, 0.717) is 19.4 Å². The van der Waals surface area contributed by atoms with Crippen LogP contribution in [0.5, 0.6) is 0 Å². The Bertz CT molecular complexity index is 1010. The highest BCUT2D eigenvalue weighted by Gasteiger charge is 2.18. The first-order valence-corrected chi connectivity index (χ1v) is 27.3. The summed E-state index contributed by atoms with van der Waals surface area (Å²) in [5.41, 5.74) is 0. The number of nitrogens with one attached hydrogen (secondary N) is 1. The Morgan fingerprint density at radius 3 is 1.15 bits per heavy atom. The van der Waals surface area contributed by atoms with E-state index in [9.17, 15) is 19.8 Å². The van der Waals surface area contributed by atoms with Crippen molar-refractivity contribution < 1.29 is 24.5 Å². The lowest BCUT2D eigenvalue weighted by Gasteiger charge is -2.20. The minimum atomic E-state index is -0.853. The number of carbonyl (C=O) groups excluding carboxylic acids is 2. The van der Waals surface area contributed by atoms with Crippen LogP contribution in [0.2, 0.25) is 0 Å². The second kappa shape index (κ2) is 51.7. The molecule has 0 heterocycles. The number of rotatable bonds is 50. The Morgan fingerprint density at radius 2 is 0.758 bits per heavy atom. The average molecular weight is 872 g/mol. The Balaban J connectivity index is 3.45. The molecule has 0 spiro atoms. The van der Waals surface area contributed by atoms with Crippen LogP contribution in [0.25, 0.3) is 0 Å². The monoisotopic (exact) mass is 872 g/mol. The molecule has 0 aromatic rings. The van der Waals surface area contributed by atoms with Gasteiger partial charge in [-0.3, -0.25) is 9.59 Å². The first kappa shape index (κ1) is 60.1. The minimum Gasteiger partial charge on any atom is -0.466 e. The SMILES string of the molecule is CCCCCCCC/C=C\CCCCCCCCCCCC(=O)OCCCCCCCCC/C=C\CCCCCCCC(=O)NC(CO)C(O)/C=C/CCCCCCCCCC. The first-order valence-electron chi connectivity index (χ1n) is 27.3. The highest BCUT2D eigenvalue weighted by atomic mass is 16.5. The molecular formula is C56H105NO5. The topological polar surface area (TPSA) is 95.9 Å². The van der Waals surface area contributed by atoms with E-state index in [0.717, 1.165) is 64.2 Å². The number of ether oxygens (including phenoxy) is 1. The Labute approximate surface area is 385 Å². The molecule has 0 fully saturated rings. The van der Waals surface area contributed by atoms with Crippen molar-refractivity contribution in [3.63, 3.8) is 0 Å². The maximum absolute atomic E-state index is 12.4. The number of esters is 1. The van der Waals surface area contributed by atoms with Gasteiger partial charge in [0.05, 0.1) is 25.4 Å². The molecule has 0 saturated heterocycles. The first-order chi connectivity index (χ1) is 30.5. The largest absolute Gasteiger partial charge is 0.466 e. The number of hydrogen-bond acceptors (Lipinski definition) is 5. The summed E-state index contributed by atoms with van der Waals surface area (Å²) >= 11 is 0. The molecule has 6 heteroatoms. The third-order valence-electron chi connectivity index (χ3n) is 12.4. The Kier molecular flexibility index (Phi) is 50.1. The molecule has 6 nitrogen and oxygen atoms in total. The quantitative estimate of drug-likeness (QED) is 0.0321. The van der Waals surface area contributed by atoms with Gasteiger partial charge >= 0.3 is 5.97 Å². The number of aliphatic hydroxyl groups is 2. The van der Waals surface area contributed by atoms with Gasteiger partial charge in [-0.2, -0.15) is 0 Å². The maximum atomic E-state index is 12.4. The standard InChI is InChI=1S/C56H105NO5/c1-3-5-7-9-11-13-15-16-17-18-19-20-24-27-30-34-38-42-46-50-56(61)62-51-47-43-39-35-31-28-25-22-21-23-26-29-33-37-41-45-49-55(60)57-53(52-58)54(59)48-44-40-36-32-14-12-10-8-6-4-2/h16-17,21,23,44,48,53-54,58-59H,3-15,18-20,22,24-43,45-47,49-52H2,1-2H3,(H,57,60)/b17-16-,23-21-,48-44+. The van der Waals surface area contributed by atoms with Crippen molar-refractivity contribution in [1.82, 2.24) is 5.32 Å². The molecule has 2 unspecified atom stereocenters. The number of carbonyl (C=O) groups is 2. The molecular weight excluding hydrogens is 767 g/mol. The third-order valence-corrected chi connectivity index (χ3v) is 12.4. The lowest BCUT2D eigenvalue weighted by atomic mass is 10.1. The fraction of sp³-hybridized carbons (Fsp3) is 0.857. The zero-order chi connectivity index (χ0) is 45.1. The number of hydrogen-bond donors (Lipinski definition) is 3. The molecule has 0 bridgehead atoms. The highest BCUT2D eigenvalue weighted by molar-refractivity contribution is 5.76. The fourth-order valence-corrected chi connectivity index (χ4v) is 8.15. The summed E-state index contributed by atoms with van der Waals surface area (Å²) in [7, 11) is 0. The van der Waals surface area contributed by atoms with E-state index in [2.05, 4.69) is 43.5 Å². The van der Waals surface area contributed by atoms with Crippen molar-refractivity contribution in [2.24, 2.45) is 0 Å². The molecule has 3 N–H and O–H groups in total. The van der Waals surface area contributed by atoms with E-state index in [4.69, 9.17) is 4.74 Å². The molecule has 0 aromatic carbocycles. The Morgan fingerprint density at radius 1 is 0.435 bits per heavy atom. The molecule has 2 atom stereocenters. The van der Waals surface area contributed by atoms with Crippen molar-refractivity contribution in [2.45, 2.75) is 296 Å². The average Bonchev–Trinajstić information content (AvgIpc) is 3.27. The zero-order valence-electron chi connectivity index (χ0n) is 41.4. The summed E-state index contributed by atoms with van der Waals surface area (Å²) in [5, 5.41) is 22.9. The van der Waals surface area contributed by atoms with Crippen molar-refractivity contribution in [2.75, 3.05) is 13.2 Å². The van der Waals surface area contributed by atoms with Crippen LogP contribution in [0.1, 0.15) is 284 Å². The summed E-state index contributed by atoms with van der Waals surface area (Å²) in [6, 6.07) is -0.638. The van der Waals surface area contributed by atoms with Crippen molar-refractivity contribution in [3.05, 3.63) is 36.5 Å². The lowest BCUT2D eigenvalue weighted by Crippen LogP contribution is -2.45. The fourth-order valence-electron chi connectivity index (χ4n) is 8.15. The van der Waals surface area contributed by atoms with Crippen LogP contribution in [-0.4, -0.2) is 47.4 Å². The number of amides is 1. The van der Waals surface area contributed by atoms with Gasteiger partial charge in [-0.1, -0.05) is 224 Å². The van der Waals surface area contributed by atoms with Gasteiger partial charge in [0, 0.05) is 12.8 Å². The summed E-state index contributed by atoms with van der Waals surface area (Å²) in [6.07, 6.45) is 63.0. The van der Waals surface area contributed by atoms with Gasteiger partial charge in [0.15, 0.2) is 0 Å². The molecule has 0 radical (unpaired) electrons. The van der Waals surface area contributed by atoms with Crippen molar-refractivity contribution in [1.29, 1.82) is 0 Å². The van der Waals surface area contributed by atoms with Gasteiger partial charge in [0.2, 0.25) is 5.91 Å². The molecule has 62 heavy (non-hydrogen) atoms. The van der Waals surface area contributed by atoms with Gasteiger partial charge in [-0.25, -0.2) is 0 Å². The maximum Gasteiger partial charge on any atom is 0.305 e. The van der Waals surface area contributed by atoms with Crippen molar-refractivity contribution >= 4 is 11.9 Å². The summed E-state index contributed by atoms with van der Waals surface area (Å²) < 4.78 is 5.48. The van der Waals surface area contributed by atoms with Gasteiger partial charge in [0.1, 0.15) is 0 Å². The smallest absolute Gasteiger partial charge is 0.305 e. The Hall–Kier alpha value is -1.92. The number of unbranched alkanes of at least 4 members (excludes halogenated alkanes) is 35. The summed E-state index contributed by atoms with van der Waals surface area (Å²) in [4.78, 5) is 24.4. The number of aliphatic hydroxyl groups excluding tert-OH is 2. The van der Waals surface area contributed by atoms with Crippen LogP contribution < -0.4 is 5.32 Å². The molecule has 0 aliphatic carbocycles. The predicted octanol–water partition coefficient (Wildman–Crippen LogP) is 16.5. The predicted molar refractivity (Wildman–Crippen MR) is 269 cm³/mol. The van der Waals surface area contributed by atoms with E-state index in [-0.39, 0.29) is 18.5 Å². The van der Waals surface area contributed by atoms with Gasteiger partial charge in [-0.15, -0.1) is 0 Å². The molecule has 364 valence electrons. The van der Waals surface area contributed by atoms with Crippen LogP contribution >= 0.6 is 0 Å². The van der Waals surface area contributed by atoms with Crippen LogP contribution in [0.4, 0.5) is 0 Å². The lowest BCUT2D eigenvalue weighted by molar-refractivity contribution is -0.143. The van der Waals surface area contributed by atoms with Crippen LogP contribution in [-0.2, 0) is 14.3 Å². The van der Waals surface area contributed by atoms with Crippen LogP contribution in [0, 0.1) is 0 Å². The zero-order valence-corrected chi connectivity index (χ0v) is 41.4. The molecule has 0 aliphatic heterocycles. The second-order valence-electron chi connectivity index (χ2n) is 18.5. The third kappa shape index (κ3) is 47.6.